The molecule has 14 heavy (non-hydrogen) atoms. The van der Waals surface area contributed by atoms with E-state index in [4.69, 9.17) is 11.6 Å². The Bertz CT molecular complexity index is 302. The van der Waals surface area contributed by atoms with Gasteiger partial charge in [0.05, 0.1) is 6.54 Å². The van der Waals surface area contributed by atoms with Crippen LogP contribution in [0.25, 0.3) is 0 Å². The lowest BCUT2D eigenvalue weighted by Gasteiger charge is -2.32. The topological polar surface area (TPSA) is 29.0 Å². The maximum Gasteiger partial charge on any atom is 0.207 e. The predicted octanol–water partition coefficient (Wildman–Crippen LogP) is 2.57. The maximum absolute atomic E-state index is 5.74. The summed E-state index contributed by atoms with van der Waals surface area (Å²) in [6, 6.07) is 0.673. The highest BCUT2D eigenvalue weighted by Crippen LogP contribution is 2.21. The van der Waals surface area contributed by atoms with Crippen molar-refractivity contribution < 1.29 is 0 Å². The van der Waals surface area contributed by atoms with Gasteiger partial charge in [-0.3, -0.25) is 4.90 Å². The second-order valence-corrected chi connectivity index (χ2v) is 5.41. The number of nitrogens with zero attached hydrogens (tertiary/aromatic N) is 3. The summed E-state index contributed by atoms with van der Waals surface area (Å²) in [6.07, 6.45) is 3.96. The fraction of sp³-hybridized carbons (Fsp3) is 0.778. The second-order valence-electron chi connectivity index (χ2n) is 3.76. The fourth-order valence-corrected chi connectivity index (χ4v) is 2.76. The third kappa shape index (κ3) is 2.43. The van der Waals surface area contributed by atoms with Gasteiger partial charge in [-0.1, -0.05) is 17.8 Å². The molecular weight excluding hydrogens is 218 g/mol. The van der Waals surface area contributed by atoms with Crippen molar-refractivity contribution in [3.05, 3.63) is 9.47 Å². The van der Waals surface area contributed by atoms with Gasteiger partial charge in [0.2, 0.25) is 4.47 Å². The Morgan fingerprint density at radius 1 is 1.50 bits per heavy atom. The van der Waals surface area contributed by atoms with Crippen molar-refractivity contribution >= 4 is 22.9 Å². The number of piperidine rings is 1. The van der Waals surface area contributed by atoms with Crippen molar-refractivity contribution in [3.8, 4) is 0 Å². The smallest absolute Gasteiger partial charge is 0.207 e. The molecule has 1 atom stereocenters. The van der Waals surface area contributed by atoms with Gasteiger partial charge in [0, 0.05) is 6.04 Å². The van der Waals surface area contributed by atoms with Gasteiger partial charge < -0.3 is 0 Å². The van der Waals surface area contributed by atoms with Gasteiger partial charge in [-0.15, -0.1) is 10.2 Å². The Labute approximate surface area is 93.1 Å². The lowest BCUT2D eigenvalue weighted by atomic mass is 10.0. The summed E-state index contributed by atoms with van der Waals surface area (Å²) in [6.45, 7) is 4.37. The van der Waals surface area contributed by atoms with Crippen molar-refractivity contribution in [3.63, 3.8) is 0 Å². The van der Waals surface area contributed by atoms with E-state index in [1.165, 1.54) is 37.1 Å². The Morgan fingerprint density at radius 2 is 2.36 bits per heavy atom. The molecule has 0 aliphatic carbocycles. The molecule has 1 aliphatic rings. The van der Waals surface area contributed by atoms with E-state index in [2.05, 4.69) is 22.0 Å². The Kier molecular flexibility index (Phi) is 3.36. The minimum atomic E-state index is 0.546. The van der Waals surface area contributed by atoms with Crippen LogP contribution in [0.3, 0.4) is 0 Å². The molecule has 0 amide bonds. The molecule has 0 bridgehead atoms. The molecule has 1 fully saturated rings. The van der Waals surface area contributed by atoms with Crippen molar-refractivity contribution in [2.75, 3.05) is 6.54 Å². The first-order valence-corrected chi connectivity index (χ1v) is 6.17. The predicted molar refractivity (Wildman–Crippen MR) is 58.6 cm³/mol. The number of halogens is 1. The molecule has 78 valence electrons. The number of hydrogen-bond donors (Lipinski definition) is 0. The van der Waals surface area contributed by atoms with E-state index in [1.54, 1.807) is 0 Å². The Balaban J connectivity index is 1.95. The molecule has 0 radical (unpaired) electrons. The van der Waals surface area contributed by atoms with Crippen LogP contribution in [0.15, 0.2) is 0 Å². The van der Waals surface area contributed by atoms with E-state index in [0.717, 1.165) is 11.6 Å². The average molecular weight is 232 g/mol. The highest BCUT2D eigenvalue weighted by molar-refractivity contribution is 7.15. The first-order valence-electron chi connectivity index (χ1n) is 4.97. The second kappa shape index (κ2) is 4.55. The van der Waals surface area contributed by atoms with Crippen LogP contribution < -0.4 is 0 Å². The quantitative estimate of drug-likeness (QED) is 0.784. The summed E-state index contributed by atoms with van der Waals surface area (Å²) in [5.74, 6) is 0. The van der Waals surface area contributed by atoms with E-state index in [1.807, 2.05) is 0 Å². The highest BCUT2D eigenvalue weighted by atomic mass is 35.5. The van der Waals surface area contributed by atoms with Gasteiger partial charge in [0.25, 0.3) is 0 Å². The van der Waals surface area contributed by atoms with Crippen molar-refractivity contribution in [1.82, 2.24) is 15.1 Å². The minimum Gasteiger partial charge on any atom is -0.294 e. The lowest BCUT2D eigenvalue weighted by molar-refractivity contribution is 0.152. The van der Waals surface area contributed by atoms with Crippen LogP contribution in [-0.4, -0.2) is 27.7 Å². The average Bonchev–Trinajstić information content (AvgIpc) is 2.56. The normalized spacial score (nSPS) is 24.0. The summed E-state index contributed by atoms with van der Waals surface area (Å²) in [5.41, 5.74) is 0. The van der Waals surface area contributed by atoms with E-state index in [0.29, 0.717) is 10.5 Å². The van der Waals surface area contributed by atoms with Crippen LogP contribution in [0.4, 0.5) is 0 Å². The molecule has 0 spiro atoms. The molecule has 0 aromatic carbocycles. The molecule has 1 unspecified atom stereocenters. The van der Waals surface area contributed by atoms with E-state index in [-0.39, 0.29) is 0 Å². The molecule has 2 heterocycles. The molecule has 1 aromatic rings. The maximum atomic E-state index is 5.74. The standard InChI is InChI=1S/C9H14ClN3S/c1-7-4-2-3-5-13(7)6-8-11-12-9(10)14-8/h7H,2-6H2,1H3. The van der Waals surface area contributed by atoms with Crippen LogP contribution in [0.2, 0.25) is 4.47 Å². The van der Waals surface area contributed by atoms with Crippen LogP contribution in [0.1, 0.15) is 31.2 Å². The summed E-state index contributed by atoms with van der Waals surface area (Å²) in [4.78, 5) is 2.46. The van der Waals surface area contributed by atoms with Crippen LogP contribution in [0, 0.1) is 0 Å². The Morgan fingerprint density at radius 3 is 3.00 bits per heavy atom. The number of rotatable bonds is 2. The van der Waals surface area contributed by atoms with Gasteiger partial charge in [0.15, 0.2) is 0 Å². The molecular formula is C9H14ClN3S. The van der Waals surface area contributed by atoms with Crippen LogP contribution >= 0.6 is 22.9 Å². The van der Waals surface area contributed by atoms with Gasteiger partial charge in [0.1, 0.15) is 5.01 Å². The molecule has 1 saturated heterocycles. The highest BCUT2D eigenvalue weighted by Gasteiger charge is 2.19. The molecule has 0 N–H and O–H groups in total. The zero-order valence-electron chi connectivity index (χ0n) is 8.24. The van der Waals surface area contributed by atoms with Crippen molar-refractivity contribution in [1.29, 1.82) is 0 Å². The monoisotopic (exact) mass is 231 g/mol. The molecule has 3 nitrogen and oxygen atoms in total. The molecule has 1 aliphatic heterocycles. The zero-order valence-corrected chi connectivity index (χ0v) is 9.81. The zero-order chi connectivity index (χ0) is 9.97. The number of hydrogen-bond acceptors (Lipinski definition) is 4. The van der Waals surface area contributed by atoms with Gasteiger partial charge >= 0.3 is 0 Å². The van der Waals surface area contributed by atoms with Gasteiger partial charge in [-0.2, -0.15) is 0 Å². The third-order valence-electron chi connectivity index (χ3n) is 2.72. The van der Waals surface area contributed by atoms with Crippen molar-refractivity contribution in [2.45, 2.75) is 38.8 Å². The first kappa shape index (κ1) is 10.3. The van der Waals surface area contributed by atoms with Crippen molar-refractivity contribution in [2.24, 2.45) is 0 Å². The minimum absolute atomic E-state index is 0.546. The summed E-state index contributed by atoms with van der Waals surface area (Å²) < 4.78 is 0.546. The summed E-state index contributed by atoms with van der Waals surface area (Å²) in [7, 11) is 0. The number of likely N-dealkylation sites (tertiary alicyclic amines) is 1. The third-order valence-corrected chi connectivity index (χ3v) is 3.72. The largest absolute Gasteiger partial charge is 0.294 e. The molecule has 5 heteroatoms. The molecule has 0 saturated carbocycles. The SMILES string of the molecule is CC1CCCCN1Cc1nnc(Cl)s1. The van der Waals surface area contributed by atoms with Gasteiger partial charge in [-0.25, -0.2) is 0 Å². The molecule has 1 aromatic heterocycles. The van der Waals surface area contributed by atoms with Crippen LogP contribution in [-0.2, 0) is 6.54 Å². The van der Waals surface area contributed by atoms with E-state index >= 15 is 0 Å². The number of aromatic nitrogens is 2. The first-order chi connectivity index (χ1) is 6.75. The van der Waals surface area contributed by atoms with Crippen LogP contribution in [0.5, 0.6) is 0 Å². The Hall–Kier alpha value is -0.190. The van der Waals surface area contributed by atoms with E-state index < -0.39 is 0 Å². The summed E-state index contributed by atoms with van der Waals surface area (Å²) in [5, 5.41) is 8.88. The van der Waals surface area contributed by atoms with Gasteiger partial charge in [-0.05, 0) is 37.9 Å². The summed E-state index contributed by atoms with van der Waals surface area (Å²) >= 11 is 7.23. The lowest BCUT2D eigenvalue weighted by Crippen LogP contribution is -2.36. The molecule has 2 rings (SSSR count). The fourth-order valence-electron chi connectivity index (χ4n) is 1.86. The van der Waals surface area contributed by atoms with E-state index in [9.17, 15) is 0 Å².